The molecular formula is C15H19N3O4S. The van der Waals surface area contributed by atoms with E-state index in [1.807, 2.05) is 6.92 Å². The number of carbonyl (C=O) groups is 1. The highest BCUT2D eigenvalue weighted by atomic mass is 32.2. The Bertz CT molecular complexity index is 870. The predicted octanol–water partition coefficient (Wildman–Crippen LogP) is 0.850. The highest BCUT2D eigenvalue weighted by Gasteiger charge is 2.18. The summed E-state index contributed by atoms with van der Waals surface area (Å²) in [5.74, 6) is -0.276. The second-order valence-corrected chi connectivity index (χ2v) is 6.12. The van der Waals surface area contributed by atoms with Crippen LogP contribution in [0.1, 0.15) is 18.9 Å². The van der Waals surface area contributed by atoms with Gasteiger partial charge in [0.05, 0.1) is 18.2 Å². The number of thioether (sulfide) groups is 1. The number of carbonyl (C=O) groups excluding carboxylic acids is 1. The quantitative estimate of drug-likeness (QED) is 0.594. The molecule has 0 amide bonds. The summed E-state index contributed by atoms with van der Waals surface area (Å²) in [7, 11) is 4.33. The van der Waals surface area contributed by atoms with Gasteiger partial charge in [-0.2, -0.15) is 0 Å². The van der Waals surface area contributed by atoms with Crippen LogP contribution in [0.5, 0.6) is 0 Å². The van der Waals surface area contributed by atoms with Crippen molar-refractivity contribution in [3.8, 4) is 0 Å². The molecule has 0 atom stereocenters. The van der Waals surface area contributed by atoms with Crippen molar-refractivity contribution in [2.75, 3.05) is 12.9 Å². The number of hydrogen-bond acceptors (Lipinski definition) is 6. The summed E-state index contributed by atoms with van der Waals surface area (Å²) < 4.78 is 7.07. The van der Waals surface area contributed by atoms with Crippen molar-refractivity contribution in [3.63, 3.8) is 0 Å². The molecule has 0 aliphatic carbocycles. The van der Waals surface area contributed by atoms with Gasteiger partial charge in [-0.3, -0.25) is 18.7 Å². The Labute approximate surface area is 137 Å². The van der Waals surface area contributed by atoms with Crippen LogP contribution >= 0.6 is 11.8 Å². The lowest BCUT2D eigenvalue weighted by molar-refractivity contribution is -0.137. The number of aryl methyl sites for hydroxylation is 2. The average Bonchev–Trinajstić information content (AvgIpc) is 2.56. The van der Waals surface area contributed by atoms with Gasteiger partial charge < -0.3 is 4.74 Å². The van der Waals surface area contributed by atoms with Crippen LogP contribution in [-0.2, 0) is 30.0 Å². The number of fused-ring (bicyclic) bond motifs is 1. The number of rotatable bonds is 5. The summed E-state index contributed by atoms with van der Waals surface area (Å²) >= 11 is 1.24. The number of pyridine rings is 1. The summed E-state index contributed by atoms with van der Waals surface area (Å²) in [5, 5.41) is 0.370. The lowest BCUT2D eigenvalue weighted by Gasteiger charge is -2.13. The van der Waals surface area contributed by atoms with E-state index >= 15 is 0 Å². The average molecular weight is 337 g/mol. The lowest BCUT2D eigenvalue weighted by Crippen LogP contribution is -2.37. The van der Waals surface area contributed by atoms with Crippen molar-refractivity contribution in [1.29, 1.82) is 0 Å². The summed E-state index contributed by atoms with van der Waals surface area (Å²) in [6.45, 7) is 2.03. The second-order valence-electron chi connectivity index (χ2n) is 5.13. The van der Waals surface area contributed by atoms with Crippen LogP contribution in [0.4, 0.5) is 0 Å². The van der Waals surface area contributed by atoms with E-state index in [2.05, 4.69) is 9.72 Å². The molecule has 0 radical (unpaired) electrons. The normalized spacial score (nSPS) is 11.0. The van der Waals surface area contributed by atoms with Crippen LogP contribution < -0.4 is 11.2 Å². The molecule has 23 heavy (non-hydrogen) atoms. The molecule has 2 aromatic heterocycles. The van der Waals surface area contributed by atoms with Gasteiger partial charge in [-0.05, 0) is 12.0 Å². The third kappa shape index (κ3) is 3.17. The summed E-state index contributed by atoms with van der Waals surface area (Å²) in [5.41, 5.74) is 0.387. The molecule has 7 nitrogen and oxygen atoms in total. The third-order valence-electron chi connectivity index (χ3n) is 3.58. The van der Waals surface area contributed by atoms with Crippen molar-refractivity contribution in [1.82, 2.24) is 14.1 Å². The molecule has 0 aliphatic rings. The number of hydrogen-bond donors (Lipinski definition) is 0. The molecule has 0 bridgehead atoms. The topological polar surface area (TPSA) is 83.2 Å². The van der Waals surface area contributed by atoms with E-state index in [1.165, 1.54) is 30.5 Å². The summed E-state index contributed by atoms with van der Waals surface area (Å²) in [6.07, 6.45) is 3.29. The highest BCUT2D eigenvalue weighted by Crippen LogP contribution is 2.28. The zero-order chi connectivity index (χ0) is 17.1. The maximum Gasteiger partial charge on any atom is 0.332 e. The Hall–Kier alpha value is -2.09. The van der Waals surface area contributed by atoms with E-state index in [9.17, 15) is 14.4 Å². The van der Waals surface area contributed by atoms with Crippen molar-refractivity contribution in [2.24, 2.45) is 14.1 Å². The van der Waals surface area contributed by atoms with Gasteiger partial charge in [0, 0.05) is 25.2 Å². The van der Waals surface area contributed by atoms with Gasteiger partial charge in [-0.15, -0.1) is 11.8 Å². The molecule has 0 fully saturated rings. The molecule has 0 saturated heterocycles. The van der Waals surface area contributed by atoms with Crippen molar-refractivity contribution in [2.45, 2.75) is 24.7 Å². The first kappa shape index (κ1) is 17.3. The van der Waals surface area contributed by atoms with Crippen LogP contribution in [0.15, 0.2) is 20.7 Å². The molecule has 124 valence electrons. The third-order valence-corrected chi connectivity index (χ3v) is 4.71. The van der Waals surface area contributed by atoms with E-state index in [-0.39, 0.29) is 11.7 Å². The fourth-order valence-electron chi connectivity index (χ4n) is 2.34. The molecule has 0 saturated carbocycles. The fraction of sp³-hybridized carbons (Fsp3) is 0.467. The maximum absolute atomic E-state index is 12.6. The van der Waals surface area contributed by atoms with Gasteiger partial charge in [0.1, 0.15) is 5.65 Å². The van der Waals surface area contributed by atoms with Crippen molar-refractivity contribution >= 4 is 28.8 Å². The highest BCUT2D eigenvalue weighted by molar-refractivity contribution is 8.00. The van der Waals surface area contributed by atoms with Gasteiger partial charge in [-0.25, -0.2) is 9.78 Å². The van der Waals surface area contributed by atoms with Crippen LogP contribution in [0.3, 0.4) is 0 Å². The number of aromatic nitrogens is 3. The molecular weight excluding hydrogens is 318 g/mol. The van der Waals surface area contributed by atoms with Crippen LogP contribution in [0.2, 0.25) is 0 Å². The van der Waals surface area contributed by atoms with Gasteiger partial charge in [0.25, 0.3) is 5.56 Å². The first-order valence-corrected chi connectivity index (χ1v) is 8.18. The second kappa shape index (κ2) is 6.99. The van der Waals surface area contributed by atoms with E-state index in [0.29, 0.717) is 15.9 Å². The van der Waals surface area contributed by atoms with Crippen molar-refractivity contribution in [3.05, 3.63) is 32.6 Å². The smallest absolute Gasteiger partial charge is 0.332 e. The Morgan fingerprint density at radius 1 is 1.30 bits per heavy atom. The Balaban J connectivity index is 2.77. The van der Waals surface area contributed by atoms with Crippen LogP contribution in [0, 0.1) is 0 Å². The molecule has 2 rings (SSSR count). The number of methoxy groups -OCH3 is 1. The standard InChI is InChI=1S/C15H19N3O4S/c1-5-6-9-7-16-13-11(12(9)23-8-10(19)22-4)14(20)18(3)15(21)17(13)2/h7H,5-6,8H2,1-4H3. The monoisotopic (exact) mass is 337 g/mol. The minimum absolute atomic E-state index is 0.0956. The molecule has 0 spiro atoms. The maximum atomic E-state index is 12.6. The number of ether oxygens (including phenoxy) is 1. The first-order valence-electron chi connectivity index (χ1n) is 7.19. The summed E-state index contributed by atoms with van der Waals surface area (Å²) in [6, 6.07) is 0. The van der Waals surface area contributed by atoms with Crippen LogP contribution in [0.25, 0.3) is 11.0 Å². The largest absolute Gasteiger partial charge is 0.468 e. The van der Waals surface area contributed by atoms with Gasteiger partial charge >= 0.3 is 11.7 Å². The lowest BCUT2D eigenvalue weighted by atomic mass is 10.1. The van der Waals surface area contributed by atoms with Gasteiger partial charge in [0.2, 0.25) is 0 Å². The predicted molar refractivity (Wildman–Crippen MR) is 89.0 cm³/mol. The number of esters is 1. The van der Waals surface area contributed by atoms with Crippen LogP contribution in [-0.4, -0.2) is 33.0 Å². The zero-order valence-electron chi connectivity index (χ0n) is 13.6. The first-order chi connectivity index (χ1) is 10.9. The SMILES string of the molecule is CCCc1cnc2c(c1SCC(=O)OC)c(=O)n(C)c(=O)n2C. The molecule has 2 heterocycles. The Kier molecular flexibility index (Phi) is 5.25. The molecule has 0 unspecified atom stereocenters. The molecule has 8 heteroatoms. The Morgan fingerprint density at radius 3 is 2.61 bits per heavy atom. The molecule has 0 N–H and O–H groups in total. The Morgan fingerprint density at radius 2 is 2.00 bits per heavy atom. The molecule has 2 aromatic rings. The van der Waals surface area contributed by atoms with Crippen molar-refractivity contribution < 1.29 is 9.53 Å². The van der Waals surface area contributed by atoms with E-state index < -0.39 is 11.2 Å². The van der Waals surface area contributed by atoms with E-state index in [0.717, 1.165) is 23.0 Å². The minimum Gasteiger partial charge on any atom is -0.468 e. The van der Waals surface area contributed by atoms with E-state index in [1.54, 1.807) is 13.2 Å². The minimum atomic E-state index is -0.429. The van der Waals surface area contributed by atoms with E-state index in [4.69, 9.17) is 0 Å². The fourth-order valence-corrected chi connectivity index (χ4v) is 3.39. The van der Waals surface area contributed by atoms with Gasteiger partial charge in [-0.1, -0.05) is 13.3 Å². The molecule has 0 aromatic carbocycles. The zero-order valence-corrected chi connectivity index (χ0v) is 14.4. The summed E-state index contributed by atoms with van der Waals surface area (Å²) in [4.78, 5) is 41.1. The van der Waals surface area contributed by atoms with Gasteiger partial charge in [0.15, 0.2) is 0 Å². The number of nitrogens with zero attached hydrogens (tertiary/aromatic N) is 3. The molecule has 0 aliphatic heterocycles.